The van der Waals surface area contributed by atoms with Crippen molar-refractivity contribution >= 4 is 10.8 Å². The van der Waals surface area contributed by atoms with Gasteiger partial charge in [0.05, 0.1) is 0 Å². The van der Waals surface area contributed by atoms with Crippen molar-refractivity contribution in [2.24, 2.45) is 11.8 Å². The second-order valence-electron chi connectivity index (χ2n) is 5.02. The Balaban J connectivity index is 2.33. The summed E-state index contributed by atoms with van der Waals surface area (Å²) in [5, 5.41) is 2.55. The predicted molar refractivity (Wildman–Crippen MR) is 78.1 cm³/mol. The van der Waals surface area contributed by atoms with E-state index in [2.05, 4.69) is 61.7 Å². The Kier molecular flexibility index (Phi) is 4.34. The lowest BCUT2D eigenvalue weighted by molar-refractivity contribution is 0.368. The van der Waals surface area contributed by atoms with E-state index in [-0.39, 0.29) is 6.04 Å². The quantitative estimate of drug-likeness (QED) is 0.618. The topological polar surface area (TPSA) is 38.0 Å². The van der Waals surface area contributed by atoms with Crippen molar-refractivity contribution in [3.05, 3.63) is 48.0 Å². The number of nitrogens with two attached hydrogens (primary N) is 1. The third kappa shape index (κ3) is 2.71. The molecular formula is C16H22N2. The van der Waals surface area contributed by atoms with E-state index in [0.29, 0.717) is 5.92 Å². The fourth-order valence-corrected chi connectivity index (χ4v) is 2.61. The summed E-state index contributed by atoms with van der Waals surface area (Å²) in [6.07, 6.45) is 2.37. The Bertz CT molecular complexity index is 507. The first kappa shape index (κ1) is 13.1. The minimum absolute atomic E-state index is 0.231. The SMILES string of the molecule is CCCC(C)C(NN)c1ccc2ccccc2c1. The van der Waals surface area contributed by atoms with E-state index < -0.39 is 0 Å². The summed E-state index contributed by atoms with van der Waals surface area (Å²) >= 11 is 0. The van der Waals surface area contributed by atoms with Crippen LogP contribution in [0.1, 0.15) is 38.3 Å². The van der Waals surface area contributed by atoms with E-state index in [1.165, 1.54) is 29.2 Å². The van der Waals surface area contributed by atoms with Crippen LogP contribution in [0.5, 0.6) is 0 Å². The third-order valence-electron chi connectivity index (χ3n) is 3.63. The van der Waals surface area contributed by atoms with Gasteiger partial charge in [0.1, 0.15) is 0 Å². The van der Waals surface area contributed by atoms with Gasteiger partial charge in [0.2, 0.25) is 0 Å². The highest BCUT2D eigenvalue weighted by atomic mass is 15.2. The Morgan fingerprint density at radius 2 is 1.83 bits per heavy atom. The van der Waals surface area contributed by atoms with E-state index in [4.69, 9.17) is 5.84 Å². The fourth-order valence-electron chi connectivity index (χ4n) is 2.61. The second-order valence-corrected chi connectivity index (χ2v) is 5.02. The van der Waals surface area contributed by atoms with Crippen molar-refractivity contribution in [3.63, 3.8) is 0 Å². The molecule has 0 saturated carbocycles. The van der Waals surface area contributed by atoms with Crippen molar-refractivity contribution in [3.8, 4) is 0 Å². The normalized spacial score (nSPS) is 14.6. The van der Waals surface area contributed by atoms with E-state index in [0.717, 1.165) is 0 Å². The zero-order valence-corrected chi connectivity index (χ0v) is 11.2. The molecule has 2 aromatic rings. The zero-order valence-electron chi connectivity index (χ0n) is 11.2. The smallest absolute Gasteiger partial charge is 0.0485 e. The number of benzene rings is 2. The molecule has 3 N–H and O–H groups in total. The summed E-state index contributed by atoms with van der Waals surface area (Å²) in [6.45, 7) is 4.47. The number of hydrogen-bond donors (Lipinski definition) is 2. The highest BCUT2D eigenvalue weighted by Gasteiger charge is 2.17. The molecule has 0 aliphatic rings. The van der Waals surface area contributed by atoms with Gasteiger partial charge in [-0.3, -0.25) is 11.3 Å². The van der Waals surface area contributed by atoms with Crippen molar-refractivity contribution < 1.29 is 0 Å². The van der Waals surface area contributed by atoms with Crippen LogP contribution in [0, 0.1) is 5.92 Å². The number of fused-ring (bicyclic) bond motifs is 1. The van der Waals surface area contributed by atoms with Crippen LogP contribution in [0.4, 0.5) is 0 Å². The zero-order chi connectivity index (χ0) is 13.0. The van der Waals surface area contributed by atoms with Gasteiger partial charge in [0, 0.05) is 6.04 Å². The van der Waals surface area contributed by atoms with Gasteiger partial charge in [-0.05, 0) is 34.7 Å². The molecule has 96 valence electrons. The van der Waals surface area contributed by atoms with Crippen LogP contribution in [-0.2, 0) is 0 Å². The van der Waals surface area contributed by atoms with Crippen LogP contribution in [0.15, 0.2) is 42.5 Å². The standard InChI is InChI=1S/C16H22N2/c1-3-6-12(2)16(18-17)15-10-9-13-7-4-5-8-14(13)11-15/h4-5,7-12,16,18H,3,6,17H2,1-2H3. The van der Waals surface area contributed by atoms with Crippen LogP contribution in [0.25, 0.3) is 10.8 Å². The Morgan fingerprint density at radius 3 is 2.50 bits per heavy atom. The van der Waals surface area contributed by atoms with Crippen molar-refractivity contribution in [1.29, 1.82) is 0 Å². The summed E-state index contributed by atoms with van der Waals surface area (Å²) in [5.74, 6) is 6.27. The minimum atomic E-state index is 0.231. The molecule has 0 spiro atoms. The van der Waals surface area contributed by atoms with Gasteiger partial charge in [-0.25, -0.2) is 0 Å². The van der Waals surface area contributed by atoms with Crippen LogP contribution in [-0.4, -0.2) is 0 Å². The lowest BCUT2D eigenvalue weighted by Gasteiger charge is -2.23. The summed E-state index contributed by atoms with van der Waals surface area (Å²) in [7, 11) is 0. The maximum absolute atomic E-state index is 5.73. The monoisotopic (exact) mass is 242 g/mol. The highest BCUT2D eigenvalue weighted by molar-refractivity contribution is 5.83. The van der Waals surface area contributed by atoms with Crippen molar-refractivity contribution in [2.45, 2.75) is 32.7 Å². The number of nitrogens with one attached hydrogen (secondary N) is 1. The third-order valence-corrected chi connectivity index (χ3v) is 3.63. The summed E-state index contributed by atoms with van der Waals surface area (Å²) in [4.78, 5) is 0. The van der Waals surface area contributed by atoms with E-state index in [1.54, 1.807) is 0 Å². The number of hydrazine groups is 1. The van der Waals surface area contributed by atoms with Crippen LogP contribution < -0.4 is 11.3 Å². The molecular weight excluding hydrogens is 220 g/mol. The Morgan fingerprint density at radius 1 is 1.11 bits per heavy atom. The van der Waals surface area contributed by atoms with Crippen molar-refractivity contribution in [2.75, 3.05) is 0 Å². The molecule has 2 rings (SSSR count). The molecule has 2 unspecified atom stereocenters. The van der Waals surface area contributed by atoms with Gasteiger partial charge in [0.15, 0.2) is 0 Å². The predicted octanol–water partition coefficient (Wildman–Crippen LogP) is 3.78. The Hall–Kier alpha value is -1.38. The molecule has 0 heterocycles. The second kappa shape index (κ2) is 5.98. The average molecular weight is 242 g/mol. The van der Waals surface area contributed by atoms with Gasteiger partial charge in [-0.15, -0.1) is 0 Å². The first-order valence-corrected chi connectivity index (χ1v) is 6.71. The molecule has 2 aromatic carbocycles. The maximum atomic E-state index is 5.73. The summed E-state index contributed by atoms with van der Waals surface area (Å²) in [5.41, 5.74) is 4.24. The molecule has 0 saturated heterocycles. The molecule has 0 aliphatic heterocycles. The molecule has 2 atom stereocenters. The molecule has 0 amide bonds. The molecule has 0 radical (unpaired) electrons. The first-order chi connectivity index (χ1) is 8.76. The lowest BCUT2D eigenvalue weighted by atomic mass is 9.90. The molecule has 0 bridgehead atoms. The molecule has 0 aliphatic carbocycles. The van der Waals surface area contributed by atoms with E-state index in [9.17, 15) is 0 Å². The molecule has 2 nitrogen and oxygen atoms in total. The lowest BCUT2D eigenvalue weighted by Crippen LogP contribution is -2.32. The Labute approximate surface area is 109 Å². The van der Waals surface area contributed by atoms with E-state index in [1.807, 2.05) is 0 Å². The highest BCUT2D eigenvalue weighted by Crippen LogP contribution is 2.27. The first-order valence-electron chi connectivity index (χ1n) is 6.71. The van der Waals surface area contributed by atoms with Crippen molar-refractivity contribution in [1.82, 2.24) is 5.43 Å². The van der Waals surface area contributed by atoms with Gasteiger partial charge in [-0.2, -0.15) is 0 Å². The molecule has 0 aromatic heterocycles. The maximum Gasteiger partial charge on any atom is 0.0485 e. The minimum Gasteiger partial charge on any atom is -0.271 e. The molecule has 2 heteroatoms. The summed E-state index contributed by atoms with van der Waals surface area (Å²) in [6, 6.07) is 15.3. The van der Waals surface area contributed by atoms with Crippen LogP contribution >= 0.6 is 0 Å². The average Bonchev–Trinajstić information content (AvgIpc) is 2.40. The summed E-state index contributed by atoms with van der Waals surface area (Å²) < 4.78 is 0. The van der Waals surface area contributed by atoms with Gasteiger partial charge < -0.3 is 0 Å². The fraction of sp³-hybridized carbons (Fsp3) is 0.375. The van der Waals surface area contributed by atoms with Crippen LogP contribution in [0.3, 0.4) is 0 Å². The van der Waals surface area contributed by atoms with Gasteiger partial charge >= 0.3 is 0 Å². The van der Waals surface area contributed by atoms with Gasteiger partial charge in [-0.1, -0.05) is 56.7 Å². The molecule has 18 heavy (non-hydrogen) atoms. The number of hydrogen-bond acceptors (Lipinski definition) is 2. The van der Waals surface area contributed by atoms with E-state index >= 15 is 0 Å². The number of rotatable bonds is 5. The van der Waals surface area contributed by atoms with Crippen LogP contribution in [0.2, 0.25) is 0 Å². The molecule has 0 fully saturated rings. The van der Waals surface area contributed by atoms with Gasteiger partial charge in [0.25, 0.3) is 0 Å². The largest absolute Gasteiger partial charge is 0.271 e.